The van der Waals surface area contributed by atoms with Crippen molar-refractivity contribution in [3.05, 3.63) is 22.0 Å². The fourth-order valence-electron chi connectivity index (χ4n) is 1.58. The molecule has 0 bridgehead atoms. The van der Waals surface area contributed by atoms with Crippen LogP contribution in [0.15, 0.2) is 16.3 Å². The second kappa shape index (κ2) is 5.52. The van der Waals surface area contributed by atoms with Crippen LogP contribution in [-0.4, -0.2) is 16.0 Å². The van der Waals surface area contributed by atoms with E-state index in [4.69, 9.17) is 5.73 Å². The van der Waals surface area contributed by atoms with Gasteiger partial charge < -0.3 is 5.73 Å². The summed E-state index contributed by atoms with van der Waals surface area (Å²) in [5.41, 5.74) is 9.90. The summed E-state index contributed by atoms with van der Waals surface area (Å²) >= 11 is 3.24. The molecule has 3 nitrogen and oxygen atoms in total. The van der Waals surface area contributed by atoms with Gasteiger partial charge in [0.1, 0.15) is 10.7 Å². The lowest BCUT2D eigenvalue weighted by atomic mass is 10.1. The minimum Gasteiger partial charge on any atom is -0.327 e. The van der Waals surface area contributed by atoms with Gasteiger partial charge in [-0.3, -0.25) is 0 Å². The topological polar surface area (TPSA) is 51.8 Å². The Bertz CT molecular complexity index is 422. The van der Waals surface area contributed by atoms with E-state index in [2.05, 4.69) is 22.3 Å². The number of hydrogen-bond acceptors (Lipinski definition) is 5. The van der Waals surface area contributed by atoms with Crippen LogP contribution in [0, 0.1) is 0 Å². The number of aromatic nitrogens is 2. The van der Waals surface area contributed by atoms with Crippen LogP contribution in [0.25, 0.3) is 10.7 Å². The molecule has 2 aromatic rings. The third-order valence-electron chi connectivity index (χ3n) is 2.33. The van der Waals surface area contributed by atoms with Gasteiger partial charge in [-0.15, -0.1) is 22.7 Å². The molecule has 0 saturated carbocycles. The summed E-state index contributed by atoms with van der Waals surface area (Å²) in [6, 6.07) is 0.232. The van der Waals surface area contributed by atoms with E-state index in [1.165, 1.54) is 0 Å². The van der Waals surface area contributed by atoms with E-state index in [0.717, 1.165) is 35.7 Å². The quantitative estimate of drug-likeness (QED) is 0.891. The van der Waals surface area contributed by atoms with E-state index in [9.17, 15) is 0 Å². The zero-order valence-electron chi connectivity index (χ0n) is 9.22. The lowest BCUT2D eigenvalue weighted by molar-refractivity contribution is 0.595. The lowest BCUT2D eigenvalue weighted by Crippen LogP contribution is -2.22. The molecule has 0 radical (unpaired) electrons. The van der Waals surface area contributed by atoms with Gasteiger partial charge in [-0.05, 0) is 6.42 Å². The Hall–Kier alpha value is -0.780. The highest BCUT2D eigenvalue weighted by Gasteiger charge is 2.09. The summed E-state index contributed by atoms with van der Waals surface area (Å²) in [6.07, 6.45) is 3.06. The molecule has 5 heteroatoms. The summed E-state index contributed by atoms with van der Waals surface area (Å²) in [7, 11) is 0. The Kier molecular flexibility index (Phi) is 4.04. The highest BCUT2D eigenvalue weighted by atomic mass is 32.1. The minimum absolute atomic E-state index is 0.232. The van der Waals surface area contributed by atoms with Crippen molar-refractivity contribution in [2.45, 2.75) is 32.2 Å². The third-order valence-corrected chi connectivity index (χ3v) is 3.83. The maximum Gasteiger partial charge on any atom is 0.142 e. The van der Waals surface area contributed by atoms with Crippen LogP contribution >= 0.6 is 22.7 Å². The molecule has 2 aromatic heterocycles. The molecule has 0 spiro atoms. The number of nitrogens with zero attached hydrogens (tertiary/aromatic N) is 2. The first-order valence-electron chi connectivity index (χ1n) is 5.38. The van der Waals surface area contributed by atoms with Crippen LogP contribution in [0.4, 0.5) is 0 Å². The van der Waals surface area contributed by atoms with Gasteiger partial charge in [0.05, 0.1) is 11.2 Å². The summed E-state index contributed by atoms with van der Waals surface area (Å²) in [6.45, 7) is 2.15. The smallest absolute Gasteiger partial charge is 0.142 e. The van der Waals surface area contributed by atoms with Gasteiger partial charge in [-0.1, -0.05) is 13.3 Å². The molecule has 2 heterocycles. The second-order valence-electron chi connectivity index (χ2n) is 3.77. The van der Waals surface area contributed by atoms with Crippen LogP contribution in [0.5, 0.6) is 0 Å². The highest BCUT2D eigenvalue weighted by Crippen LogP contribution is 2.23. The van der Waals surface area contributed by atoms with Crippen molar-refractivity contribution >= 4 is 22.7 Å². The highest BCUT2D eigenvalue weighted by molar-refractivity contribution is 7.13. The van der Waals surface area contributed by atoms with Gasteiger partial charge in [0.15, 0.2) is 0 Å². The minimum atomic E-state index is 0.232. The average molecular weight is 253 g/mol. The zero-order chi connectivity index (χ0) is 11.4. The molecule has 0 saturated heterocycles. The first-order chi connectivity index (χ1) is 7.79. The Balaban J connectivity index is 2.03. The molecule has 0 aliphatic rings. The number of hydrogen-bond donors (Lipinski definition) is 1. The van der Waals surface area contributed by atoms with Crippen LogP contribution in [0.1, 0.15) is 25.5 Å². The molecule has 0 aromatic carbocycles. The van der Waals surface area contributed by atoms with Gasteiger partial charge >= 0.3 is 0 Å². The molecule has 0 amide bonds. The first-order valence-corrected chi connectivity index (χ1v) is 7.20. The fraction of sp³-hybridized carbons (Fsp3) is 0.455. The predicted octanol–water partition coefficient (Wildman–Crippen LogP) is 2.94. The summed E-state index contributed by atoms with van der Waals surface area (Å²) in [5, 5.41) is 5.11. The Morgan fingerprint density at radius 2 is 2.31 bits per heavy atom. The predicted molar refractivity (Wildman–Crippen MR) is 69.8 cm³/mol. The van der Waals surface area contributed by atoms with Crippen molar-refractivity contribution < 1.29 is 0 Å². The van der Waals surface area contributed by atoms with Gasteiger partial charge in [0.25, 0.3) is 0 Å². The average Bonchev–Trinajstić information content (AvgIpc) is 2.86. The molecule has 16 heavy (non-hydrogen) atoms. The largest absolute Gasteiger partial charge is 0.327 e. The van der Waals surface area contributed by atoms with Crippen molar-refractivity contribution in [3.8, 4) is 10.7 Å². The summed E-state index contributed by atoms with van der Waals surface area (Å²) in [4.78, 5) is 8.81. The summed E-state index contributed by atoms with van der Waals surface area (Å²) in [5.74, 6) is 0. The normalized spacial score (nSPS) is 12.9. The fourth-order valence-corrected chi connectivity index (χ4v) is 2.99. The molecule has 0 aliphatic carbocycles. The van der Waals surface area contributed by atoms with E-state index in [1.807, 2.05) is 10.9 Å². The Morgan fingerprint density at radius 3 is 3.00 bits per heavy atom. The molecule has 0 aliphatic heterocycles. The van der Waals surface area contributed by atoms with E-state index >= 15 is 0 Å². The van der Waals surface area contributed by atoms with Crippen molar-refractivity contribution in [2.24, 2.45) is 5.73 Å². The molecule has 86 valence electrons. The second-order valence-corrected chi connectivity index (χ2v) is 5.35. The van der Waals surface area contributed by atoms with Crippen LogP contribution in [0.2, 0.25) is 0 Å². The Morgan fingerprint density at radius 1 is 1.44 bits per heavy atom. The van der Waals surface area contributed by atoms with E-state index < -0.39 is 0 Å². The molecule has 2 N–H and O–H groups in total. The van der Waals surface area contributed by atoms with E-state index in [0.29, 0.717) is 0 Å². The Labute approximate surface area is 103 Å². The molecular formula is C11H15N3S2. The summed E-state index contributed by atoms with van der Waals surface area (Å²) < 4.78 is 0. The van der Waals surface area contributed by atoms with Crippen LogP contribution in [0.3, 0.4) is 0 Å². The van der Waals surface area contributed by atoms with Gasteiger partial charge in [0, 0.05) is 23.2 Å². The van der Waals surface area contributed by atoms with Crippen LogP contribution < -0.4 is 5.73 Å². The number of rotatable bonds is 5. The molecule has 1 atom stereocenters. The van der Waals surface area contributed by atoms with Crippen molar-refractivity contribution in [2.75, 3.05) is 0 Å². The zero-order valence-corrected chi connectivity index (χ0v) is 10.9. The molecule has 0 fully saturated rings. The molecular weight excluding hydrogens is 238 g/mol. The first kappa shape index (κ1) is 11.7. The van der Waals surface area contributed by atoms with Gasteiger partial charge in [-0.25, -0.2) is 9.97 Å². The van der Waals surface area contributed by atoms with Crippen molar-refractivity contribution in [3.63, 3.8) is 0 Å². The van der Waals surface area contributed by atoms with Gasteiger partial charge in [-0.2, -0.15) is 0 Å². The number of thiazole rings is 2. The third kappa shape index (κ3) is 2.87. The monoisotopic (exact) mass is 253 g/mol. The van der Waals surface area contributed by atoms with Crippen molar-refractivity contribution in [1.29, 1.82) is 0 Å². The maximum absolute atomic E-state index is 6.00. The van der Waals surface area contributed by atoms with Gasteiger partial charge in [0.2, 0.25) is 0 Å². The van der Waals surface area contributed by atoms with Crippen LogP contribution in [-0.2, 0) is 6.42 Å². The maximum atomic E-state index is 6.00. The number of nitrogens with two attached hydrogens (primary N) is 1. The standard InChI is InChI=1S/C11H15N3S2/c1-2-3-8(12)4-9-5-16-11(14-9)10-6-15-7-13-10/h5-8H,2-4,12H2,1H3. The lowest BCUT2D eigenvalue weighted by Gasteiger charge is -2.06. The van der Waals surface area contributed by atoms with E-state index in [-0.39, 0.29) is 6.04 Å². The molecule has 2 rings (SSSR count). The van der Waals surface area contributed by atoms with E-state index in [1.54, 1.807) is 22.7 Å². The molecule has 1 unspecified atom stereocenters. The van der Waals surface area contributed by atoms with Crippen molar-refractivity contribution in [1.82, 2.24) is 9.97 Å². The SMILES string of the molecule is CCCC(N)Cc1csc(-c2cscn2)n1.